The number of carboxylic acid groups (broad SMARTS) is 1. The van der Waals surface area contributed by atoms with E-state index in [9.17, 15) is 4.79 Å². The maximum atomic E-state index is 11.0. The monoisotopic (exact) mass is 256 g/mol. The van der Waals surface area contributed by atoms with Gasteiger partial charge in [0.15, 0.2) is 0 Å². The molecule has 3 nitrogen and oxygen atoms in total. The number of hydrogen-bond acceptors (Lipinski definition) is 2. The molecule has 0 aromatic heterocycles. The minimum Gasteiger partial charge on any atom is -0.496 e. The van der Waals surface area contributed by atoms with Crippen molar-refractivity contribution in [2.24, 2.45) is 0 Å². The second kappa shape index (κ2) is 5.57. The number of carboxylic acids is 1. The predicted octanol–water partition coefficient (Wildman–Crippen LogP) is 3.30. The van der Waals surface area contributed by atoms with Crippen LogP contribution in [0.5, 0.6) is 5.75 Å². The van der Waals surface area contributed by atoms with Gasteiger partial charge in [-0.2, -0.15) is 0 Å². The van der Waals surface area contributed by atoms with Crippen LogP contribution in [0.1, 0.15) is 11.1 Å². The third-order valence-electron chi connectivity index (χ3n) is 3.00. The lowest BCUT2D eigenvalue weighted by Gasteiger charge is -2.13. The highest BCUT2D eigenvalue weighted by molar-refractivity contribution is 5.79. The summed E-state index contributed by atoms with van der Waals surface area (Å²) in [4.78, 5) is 11.0. The molecule has 0 heterocycles. The van der Waals surface area contributed by atoms with Crippen LogP contribution in [0.15, 0.2) is 42.5 Å². The number of carbonyl (C=O) groups is 1. The van der Waals surface area contributed by atoms with Crippen molar-refractivity contribution >= 4 is 5.97 Å². The lowest BCUT2D eigenvalue weighted by molar-refractivity contribution is -0.136. The van der Waals surface area contributed by atoms with E-state index in [1.165, 1.54) is 0 Å². The quantitative estimate of drug-likeness (QED) is 0.913. The first-order valence-electron chi connectivity index (χ1n) is 6.06. The molecule has 0 aliphatic carbocycles. The lowest BCUT2D eigenvalue weighted by atomic mass is 9.95. The van der Waals surface area contributed by atoms with Crippen molar-refractivity contribution < 1.29 is 14.6 Å². The lowest BCUT2D eigenvalue weighted by Crippen LogP contribution is -2.02. The number of ether oxygens (including phenoxy) is 1. The zero-order valence-corrected chi connectivity index (χ0v) is 11.0. The van der Waals surface area contributed by atoms with E-state index < -0.39 is 5.97 Å². The summed E-state index contributed by atoms with van der Waals surface area (Å²) in [5.74, 6) is -0.0836. The van der Waals surface area contributed by atoms with Crippen molar-refractivity contribution in [2.45, 2.75) is 13.3 Å². The van der Waals surface area contributed by atoms with Gasteiger partial charge in [0.25, 0.3) is 0 Å². The number of aliphatic carboxylic acids is 1. The molecule has 2 aromatic rings. The van der Waals surface area contributed by atoms with Gasteiger partial charge in [-0.1, -0.05) is 42.0 Å². The topological polar surface area (TPSA) is 46.5 Å². The summed E-state index contributed by atoms with van der Waals surface area (Å²) in [6, 6.07) is 13.4. The Balaban J connectivity index is 2.59. The highest BCUT2D eigenvalue weighted by Gasteiger charge is 2.12. The molecule has 2 aromatic carbocycles. The standard InChI is InChI=1S/C16H16O3/c1-11-7-8-12(10-16(17)18)14(9-11)13-5-3-4-6-15(13)19-2/h3-9H,10H2,1-2H3,(H,17,18). The first kappa shape index (κ1) is 13.1. The van der Waals surface area contributed by atoms with E-state index in [0.29, 0.717) is 0 Å². The Kier molecular flexibility index (Phi) is 3.85. The largest absolute Gasteiger partial charge is 0.496 e. The van der Waals surface area contributed by atoms with Crippen LogP contribution in [-0.2, 0) is 11.2 Å². The summed E-state index contributed by atoms with van der Waals surface area (Å²) in [5, 5.41) is 9.00. The molecular formula is C16H16O3. The molecule has 0 bridgehead atoms. The molecule has 0 aliphatic rings. The molecule has 0 radical (unpaired) electrons. The van der Waals surface area contributed by atoms with Gasteiger partial charge in [0.2, 0.25) is 0 Å². The van der Waals surface area contributed by atoms with Crippen molar-refractivity contribution in [3.8, 4) is 16.9 Å². The second-order valence-electron chi connectivity index (χ2n) is 4.43. The fourth-order valence-corrected chi connectivity index (χ4v) is 2.13. The van der Waals surface area contributed by atoms with Gasteiger partial charge in [-0.05, 0) is 24.1 Å². The SMILES string of the molecule is COc1ccccc1-c1cc(C)ccc1CC(=O)O. The van der Waals surface area contributed by atoms with Gasteiger partial charge >= 0.3 is 5.97 Å². The molecule has 3 heteroatoms. The summed E-state index contributed by atoms with van der Waals surface area (Å²) in [5.41, 5.74) is 3.72. The molecule has 0 fully saturated rings. The minimum atomic E-state index is -0.833. The first-order valence-corrected chi connectivity index (χ1v) is 6.06. The molecule has 0 unspecified atom stereocenters. The van der Waals surface area contributed by atoms with E-state index in [2.05, 4.69) is 0 Å². The molecule has 0 spiro atoms. The van der Waals surface area contributed by atoms with Crippen LogP contribution in [0.25, 0.3) is 11.1 Å². The van der Waals surface area contributed by atoms with Crippen molar-refractivity contribution in [3.63, 3.8) is 0 Å². The maximum absolute atomic E-state index is 11.0. The van der Waals surface area contributed by atoms with Gasteiger partial charge in [-0.25, -0.2) is 0 Å². The van der Waals surface area contributed by atoms with Crippen LogP contribution in [-0.4, -0.2) is 18.2 Å². The summed E-state index contributed by atoms with van der Waals surface area (Å²) < 4.78 is 5.35. The Morgan fingerprint density at radius 3 is 2.58 bits per heavy atom. The summed E-state index contributed by atoms with van der Waals surface area (Å²) in [6.45, 7) is 1.99. The maximum Gasteiger partial charge on any atom is 0.307 e. The van der Waals surface area contributed by atoms with E-state index in [1.807, 2.05) is 49.4 Å². The zero-order valence-electron chi connectivity index (χ0n) is 11.0. The average Bonchev–Trinajstić information content (AvgIpc) is 2.40. The van der Waals surface area contributed by atoms with Gasteiger partial charge < -0.3 is 9.84 Å². The number of benzene rings is 2. The van der Waals surface area contributed by atoms with Crippen LogP contribution in [0.4, 0.5) is 0 Å². The highest BCUT2D eigenvalue weighted by Crippen LogP contribution is 2.33. The second-order valence-corrected chi connectivity index (χ2v) is 4.43. The Morgan fingerprint density at radius 1 is 1.16 bits per heavy atom. The number of aryl methyl sites for hydroxylation is 1. The highest BCUT2D eigenvalue weighted by atomic mass is 16.5. The Bertz CT molecular complexity index is 603. The van der Waals surface area contributed by atoms with Crippen molar-refractivity contribution in [1.82, 2.24) is 0 Å². The number of rotatable bonds is 4. The van der Waals surface area contributed by atoms with Crippen molar-refractivity contribution in [1.29, 1.82) is 0 Å². The molecule has 0 saturated carbocycles. The molecule has 19 heavy (non-hydrogen) atoms. The Hall–Kier alpha value is -2.29. The van der Waals surface area contributed by atoms with Crippen LogP contribution in [0.3, 0.4) is 0 Å². The van der Waals surface area contributed by atoms with Crippen molar-refractivity contribution in [3.05, 3.63) is 53.6 Å². The third kappa shape index (κ3) is 2.94. The van der Waals surface area contributed by atoms with Crippen LogP contribution in [0.2, 0.25) is 0 Å². The molecular weight excluding hydrogens is 240 g/mol. The van der Waals surface area contributed by atoms with Crippen LogP contribution < -0.4 is 4.74 Å². The average molecular weight is 256 g/mol. The van der Waals surface area contributed by atoms with E-state index in [4.69, 9.17) is 9.84 Å². The zero-order chi connectivity index (χ0) is 13.8. The fraction of sp³-hybridized carbons (Fsp3) is 0.188. The summed E-state index contributed by atoms with van der Waals surface area (Å²) in [7, 11) is 1.62. The van der Waals surface area contributed by atoms with E-state index in [1.54, 1.807) is 7.11 Å². The first-order chi connectivity index (χ1) is 9.11. The van der Waals surface area contributed by atoms with E-state index in [-0.39, 0.29) is 6.42 Å². The van der Waals surface area contributed by atoms with Gasteiger partial charge in [-0.3, -0.25) is 4.79 Å². The number of para-hydroxylation sites is 1. The molecule has 0 saturated heterocycles. The van der Waals surface area contributed by atoms with Crippen molar-refractivity contribution in [2.75, 3.05) is 7.11 Å². The van der Waals surface area contributed by atoms with E-state index in [0.717, 1.165) is 28.0 Å². The molecule has 98 valence electrons. The number of hydrogen-bond donors (Lipinski definition) is 1. The molecule has 1 N–H and O–H groups in total. The summed E-state index contributed by atoms with van der Waals surface area (Å²) in [6.07, 6.45) is 0.00760. The molecule has 2 rings (SSSR count). The van der Waals surface area contributed by atoms with Gasteiger partial charge in [0, 0.05) is 5.56 Å². The Morgan fingerprint density at radius 2 is 1.89 bits per heavy atom. The predicted molar refractivity (Wildman–Crippen MR) is 74.5 cm³/mol. The van der Waals surface area contributed by atoms with E-state index >= 15 is 0 Å². The van der Waals surface area contributed by atoms with Crippen LogP contribution >= 0.6 is 0 Å². The molecule has 0 aliphatic heterocycles. The van der Waals surface area contributed by atoms with Gasteiger partial charge in [0.1, 0.15) is 5.75 Å². The smallest absolute Gasteiger partial charge is 0.307 e. The number of methoxy groups -OCH3 is 1. The van der Waals surface area contributed by atoms with Gasteiger partial charge in [0.05, 0.1) is 13.5 Å². The normalized spacial score (nSPS) is 10.2. The Labute approximate surface area is 112 Å². The third-order valence-corrected chi connectivity index (χ3v) is 3.00. The summed E-state index contributed by atoms with van der Waals surface area (Å²) >= 11 is 0. The molecule has 0 amide bonds. The fourth-order valence-electron chi connectivity index (χ4n) is 2.13. The molecule has 0 atom stereocenters. The van der Waals surface area contributed by atoms with Gasteiger partial charge in [-0.15, -0.1) is 0 Å². The minimum absolute atomic E-state index is 0.00760. The van der Waals surface area contributed by atoms with Crippen LogP contribution in [0, 0.1) is 6.92 Å².